The Labute approximate surface area is 115 Å². The van der Waals surface area contributed by atoms with E-state index in [4.69, 9.17) is 16.9 Å². The van der Waals surface area contributed by atoms with Gasteiger partial charge in [0.1, 0.15) is 6.07 Å². The number of benzene rings is 1. The first-order chi connectivity index (χ1) is 9.10. The summed E-state index contributed by atoms with van der Waals surface area (Å²) in [6.45, 7) is 0. The van der Waals surface area contributed by atoms with Crippen LogP contribution in [0.15, 0.2) is 24.3 Å². The van der Waals surface area contributed by atoms with Crippen molar-refractivity contribution in [1.29, 1.82) is 5.26 Å². The zero-order valence-corrected chi connectivity index (χ0v) is 11.2. The molecule has 0 saturated heterocycles. The fourth-order valence-corrected chi connectivity index (χ4v) is 1.56. The molecule has 0 amide bonds. The number of hydrogen-bond donors (Lipinski definition) is 1. The first-order valence-electron chi connectivity index (χ1n) is 5.45. The molecule has 1 aromatic heterocycles. The Morgan fingerprint density at radius 2 is 1.95 bits per heavy atom. The summed E-state index contributed by atoms with van der Waals surface area (Å²) in [4.78, 5) is 13.9. The van der Waals surface area contributed by atoms with E-state index in [-0.39, 0.29) is 5.28 Å². The summed E-state index contributed by atoms with van der Waals surface area (Å²) in [7, 11) is 3.61. The monoisotopic (exact) mass is 274 g/mol. The summed E-state index contributed by atoms with van der Waals surface area (Å²) in [5, 5.41) is 12.1. The molecule has 0 unspecified atom stereocenters. The van der Waals surface area contributed by atoms with Crippen molar-refractivity contribution in [3.8, 4) is 6.07 Å². The molecule has 1 aromatic carbocycles. The van der Waals surface area contributed by atoms with E-state index >= 15 is 0 Å². The van der Waals surface area contributed by atoms with Crippen molar-refractivity contribution >= 4 is 29.2 Å². The molecule has 96 valence electrons. The van der Waals surface area contributed by atoms with Crippen LogP contribution in [-0.4, -0.2) is 29.0 Å². The molecule has 2 rings (SSSR count). The highest BCUT2D eigenvalue weighted by molar-refractivity contribution is 6.28. The minimum atomic E-state index is 0.0932. The van der Waals surface area contributed by atoms with Crippen LogP contribution in [0.2, 0.25) is 5.28 Å². The second kappa shape index (κ2) is 5.50. The van der Waals surface area contributed by atoms with Crippen LogP contribution in [-0.2, 0) is 0 Å². The Bertz CT molecular complexity index is 634. The third kappa shape index (κ3) is 3.09. The van der Waals surface area contributed by atoms with Crippen molar-refractivity contribution in [2.75, 3.05) is 24.3 Å². The maximum Gasteiger partial charge on any atom is 0.233 e. The van der Waals surface area contributed by atoms with Crippen molar-refractivity contribution in [2.45, 2.75) is 0 Å². The summed E-state index contributed by atoms with van der Waals surface area (Å²) in [5.74, 6) is 0.739. The number of nitrogens with zero attached hydrogens (tertiary/aromatic N) is 5. The minimum absolute atomic E-state index is 0.0932. The van der Waals surface area contributed by atoms with E-state index in [9.17, 15) is 0 Å². The smallest absolute Gasteiger partial charge is 0.233 e. The number of hydrogen-bond acceptors (Lipinski definition) is 6. The largest absolute Gasteiger partial charge is 0.347 e. The molecule has 0 aliphatic heterocycles. The van der Waals surface area contributed by atoms with E-state index in [2.05, 4.69) is 26.3 Å². The third-order valence-corrected chi connectivity index (χ3v) is 2.46. The number of halogens is 1. The van der Waals surface area contributed by atoms with E-state index in [1.165, 1.54) is 0 Å². The Balaban J connectivity index is 2.36. The van der Waals surface area contributed by atoms with E-state index < -0.39 is 0 Å². The number of para-hydroxylation sites is 1. The van der Waals surface area contributed by atoms with Crippen LogP contribution in [0.3, 0.4) is 0 Å². The quantitative estimate of drug-likeness (QED) is 0.924. The molecule has 19 heavy (non-hydrogen) atoms. The third-order valence-electron chi connectivity index (χ3n) is 2.29. The summed E-state index contributed by atoms with van der Waals surface area (Å²) >= 11 is 5.84. The highest BCUT2D eigenvalue weighted by Crippen LogP contribution is 2.19. The molecule has 0 radical (unpaired) electrons. The standard InChI is InChI=1S/C12H11ClN6/c1-19(2)12-17-10(13)16-11(18-12)15-9-6-4-3-5-8(9)7-14/h3-6H,1-2H3,(H,15,16,17,18). The molecule has 0 bridgehead atoms. The van der Waals surface area contributed by atoms with Crippen LogP contribution in [0, 0.1) is 11.3 Å². The van der Waals surface area contributed by atoms with Gasteiger partial charge in [-0.1, -0.05) is 12.1 Å². The molecule has 6 nitrogen and oxygen atoms in total. The lowest BCUT2D eigenvalue weighted by atomic mass is 10.2. The van der Waals surface area contributed by atoms with Crippen molar-refractivity contribution in [3.05, 3.63) is 35.1 Å². The van der Waals surface area contributed by atoms with Gasteiger partial charge in [-0.3, -0.25) is 0 Å². The molecule has 0 saturated carbocycles. The van der Waals surface area contributed by atoms with Crippen LogP contribution in [0.1, 0.15) is 5.56 Å². The van der Waals surface area contributed by atoms with E-state index in [1.807, 2.05) is 6.07 Å². The highest BCUT2D eigenvalue weighted by atomic mass is 35.5. The van der Waals surface area contributed by atoms with Crippen LogP contribution in [0.4, 0.5) is 17.6 Å². The molecule has 0 spiro atoms. The van der Waals surface area contributed by atoms with Gasteiger partial charge in [-0.05, 0) is 23.7 Å². The Morgan fingerprint density at radius 3 is 2.63 bits per heavy atom. The SMILES string of the molecule is CN(C)c1nc(Cl)nc(Nc2ccccc2C#N)n1. The number of aromatic nitrogens is 3. The van der Waals surface area contributed by atoms with Gasteiger partial charge in [-0.15, -0.1) is 0 Å². The number of nitriles is 1. The van der Waals surface area contributed by atoms with Gasteiger partial charge in [0.05, 0.1) is 11.3 Å². The van der Waals surface area contributed by atoms with Gasteiger partial charge < -0.3 is 10.2 Å². The molecular formula is C12H11ClN6. The van der Waals surface area contributed by atoms with E-state index in [0.717, 1.165) is 0 Å². The number of nitrogens with one attached hydrogen (secondary N) is 1. The molecule has 1 heterocycles. The average molecular weight is 275 g/mol. The maximum absolute atomic E-state index is 9.02. The Hall–Kier alpha value is -2.39. The van der Waals surface area contributed by atoms with Crippen LogP contribution in [0.5, 0.6) is 0 Å². The predicted molar refractivity (Wildman–Crippen MR) is 73.6 cm³/mol. The molecule has 0 fully saturated rings. The van der Waals surface area contributed by atoms with Gasteiger partial charge in [-0.25, -0.2) is 0 Å². The Morgan fingerprint density at radius 1 is 1.21 bits per heavy atom. The van der Waals surface area contributed by atoms with Crippen molar-refractivity contribution in [2.24, 2.45) is 0 Å². The first kappa shape index (κ1) is 13.1. The van der Waals surface area contributed by atoms with Gasteiger partial charge >= 0.3 is 0 Å². The molecule has 0 aliphatic carbocycles. The Kier molecular flexibility index (Phi) is 3.78. The van der Waals surface area contributed by atoms with Gasteiger partial charge in [-0.2, -0.15) is 20.2 Å². The first-order valence-corrected chi connectivity index (χ1v) is 5.83. The highest BCUT2D eigenvalue weighted by Gasteiger charge is 2.08. The van der Waals surface area contributed by atoms with Gasteiger partial charge in [0.2, 0.25) is 17.2 Å². The number of anilines is 3. The summed E-state index contributed by atoms with van der Waals surface area (Å²) in [6, 6.07) is 9.17. The zero-order valence-electron chi connectivity index (χ0n) is 10.4. The predicted octanol–water partition coefficient (Wildman–Crippen LogP) is 2.21. The van der Waals surface area contributed by atoms with Gasteiger partial charge in [0.15, 0.2) is 0 Å². The lowest BCUT2D eigenvalue weighted by molar-refractivity contribution is 0.961. The lowest BCUT2D eigenvalue weighted by Gasteiger charge is -2.12. The van der Waals surface area contributed by atoms with Crippen molar-refractivity contribution in [1.82, 2.24) is 15.0 Å². The molecule has 0 atom stereocenters. The maximum atomic E-state index is 9.02. The molecule has 7 heteroatoms. The van der Waals surface area contributed by atoms with E-state index in [1.54, 1.807) is 37.2 Å². The van der Waals surface area contributed by atoms with Gasteiger partial charge in [0, 0.05) is 14.1 Å². The lowest BCUT2D eigenvalue weighted by Crippen LogP contribution is -2.14. The van der Waals surface area contributed by atoms with Crippen molar-refractivity contribution < 1.29 is 0 Å². The summed E-state index contributed by atoms with van der Waals surface area (Å²) in [5.41, 5.74) is 1.13. The minimum Gasteiger partial charge on any atom is -0.347 e. The van der Waals surface area contributed by atoms with Gasteiger partial charge in [0.25, 0.3) is 0 Å². The molecule has 1 N–H and O–H groups in total. The normalized spacial score (nSPS) is 9.79. The molecular weight excluding hydrogens is 264 g/mol. The second-order valence-electron chi connectivity index (χ2n) is 3.90. The number of rotatable bonds is 3. The zero-order chi connectivity index (χ0) is 13.8. The van der Waals surface area contributed by atoms with Crippen LogP contribution < -0.4 is 10.2 Å². The molecule has 2 aromatic rings. The summed E-state index contributed by atoms with van der Waals surface area (Å²) < 4.78 is 0. The summed E-state index contributed by atoms with van der Waals surface area (Å²) in [6.07, 6.45) is 0. The molecule has 0 aliphatic rings. The van der Waals surface area contributed by atoms with E-state index in [0.29, 0.717) is 23.1 Å². The van der Waals surface area contributed by atoms with Crippen LogP contribution in [0.25, 0.3) is 0 Å². The van der Waals surface area contributed by atoms with Crippen molar-refractivity contribution in [3.63, 3.8) is 0 Å². The average Bonchev–Trinajstić information content (AvgIpc) is 2.38. The van der Waals surface area contributed by atoms with Crippen LogP contribution >= 0.6 is 11.6 Å². The second-order valence-corrected chi connectivity index (χ2v) is 4.24. The fourth-order valence-electron chi connectivity index (χ4n) is 1.41. The topological polar surface area (TPSA) is 77.7 Å². The fraction of sp³-hybridized carbons (Fsp3) is 0.167.